The van der Waals surface area contributed by atoms with E-state index in [1.54, 1.807) is 0 Å². The number of nitrogens with one attached hydrogen (secondary N) is 1. The number of hydrogen-bond acceptors (Lipinski definition) is 2. The van der Waals surface area contributed by atoms with Crippen molar-refractivity contribution in [2.75, 3.05) is 0 Å². The van der Waals surface area contributed by atoms with Crippen LogP contribution in [0.2, 0.25) is 0 Å². The first-order valence-electron chi connectivity index (χ1n) is 7.02. The van der Waals surface area contributed by atoms with Gasteiger partial charge >= 0.3 is 0 Å². The van der Waals surface area contributed by atoms with Gasteiger partial charge in [0.25, 0.3) is 0 Å². The molecule has 98 valence electrons. The summed E-state index contributed by atoms with van der Waals surface area (Å²) in [5.41, 5.74) is 1.16. The molecular formula is C14H27N3. The lowest BCUT2D eigenvalue weighted by Crippen LogP contribution is -2.27. The standard InChI is InChI=1S/C14H27N3/c1-5-12(6-2)15-11-13-9-10-17(16-13)14(7-3)8-4/h9-10,12,14-15H,5-8,11H2,1-4H3. The van der Waals surface area contributed by atoms with E-state index in [-0.39, 0.29) is 0 Å². The first kappa shape index (κ1) is 14.2. The van der Waals surface area contributed by atoms with Gasteiger partial charge in [-0.05, 0) is 31.7 Å². The minimum absolute atomic E-state index is 0.553. The molecule has 0 aromatic carbocycles. The van der Waals surface area contributed by atoms with Crippen molar-refractivity contribution in [1.29, 1.82) is 0 Å². The highest BCUT2D eigenvalue weighted by molar-refractivity contribution is 4.99. The van der Waals surface area contributed by atoms with Crippen molar-refractivity contribution in [2.45, 2.75) is 72.0 Å². The van der Waals surface area contributed by atoms with E-state index in [0.29, 0.717) is 12.1 Å². The quantitative estimate of drug-likeness (QED) is 0.749. The molecule has 1 rings (SSSR count). The molecule has 0 spiro atoms. The summed E-state index contributed by atoms with van der Waals surface area (Å²) in [5.74, 6) is 0. The van der Waals surface area contributed by atoms with E-state index < -0.39 is 0 Å². The van der Waals surface area contributed by atoms with Gasteiger partial charge in [-0.15, -0.1) is 0 Å². The van der Waals surface area contributed by atoms with Gasteiger partial charge in [0.05, 0.1) is 11.7 Å². The second kappa shape index (κ2) is 7.49. The van der Waals surface area contributed by atoms with Crippen molar-refractivity contribution in [3.05, 3.63) is 18.0 Å². The van der Waals surface area contributed by atoms with Crippen LogP contribution in [-0.2, 0) is 6.54 Å². The molecule has 0 aliphatic heterocycles. The maximum Gasteiger partial charge on any atom is 0.0762 e. The van der Waals surface area contributed by atoms with Gasteiger partial charge in [0.15, 0.2) is 0 Å². The molecule has 0 saturated carbocycles. The second-order valence-corrected chi connectivity index (χ2v) is 4.65. The fourth-order valence-electron chi connectivity index (χ4n) is 2.16. The molecular weight excluding hydrogens is 210 g/mol. The average Bonchev–Trinajstić information content (AvgIpc) is 2.81. The zero-order valence-electron chi connectivity index (χ0n) is 11.7. The van der Waals surface area contributed by atoms with E-state index in [4.69, 9.17) is 0 Å². The van der Waals surface area contributed by atoms with Crippen LogP contribution in [0.5, 0.6) is 0 Å². The average molecular weight is 237 g/mol. The third kappa shape index (κ3) is 4.15. The van der Waals surface area contributed by atoms with E-state index in [9.17, 15) is 0 Å². The zero-order chi connectivity index (χ0) is 12.7. The molecule has 0 amide bonds. The lowest BCUT2D eigenvalue weighted by Gasteiger charge is -2.14. The summed E-state index contributed by atoms with van der Waals surface area (Å²) < 4.78 is 2.11. The van der Waals surface area contributed by atoms with Gasteiger partial charge in [-0.2, -0.15) is 5.10 Å². The van der Waals surface area contributed by atoms with E-state index >= 15 is 0 Å². The zero-order valence-corrected chi connectivity index (χ0v) is 11.7. The molecule has 1 heterocycles. The number of rotatable bonds is 8. The third-order valence-corrected chi connectivity index (χ3v) is 3.54. The van der Waals surface area contributed by atoms with Crippen LogP contribution in [0.3, 0.4) is 0 Å². The van der Waals surface area contributed by atoms with Gasteiger partial charge in [0, 0.05) is 18.8 Å². The van der Waals surface area contributed by atoms with Crippen molar-refractivity contribution < 1.29 is 0 Å². The van der Waals surface area contributed by atoms with Crippen LogP contribution in [0.4, 0.5) is 0 Å². The van der Waals surface area contributed by atoms with Gasteiger partial charge in [-0.1, -0.05) is 27.7 Å². The Hall–Kier alpha value is -0.830. The maximum absolute atomic E-state index is 4.65. The van der Waals surface area contributed by atoms with Gasteiger partial charge < -0.3 is 5.32 Å². The lowest BCUT2D eigenvalue weighted by atomic mass is 10.2. The van der Waals surface area contributed by atoms with Crippen molar-refractivity contribution >= 4 is 0 Å². The van der Waals surface area contributed by atoms with E-state index in [0.717, 1.165) is 25.1 Å². The van der Waals surface area contributed by atoms with Crippen molar-refractivity contribution in [3.8, 4) is 0 Å². The highest BCUT2D eigenvalue weighted by Gasteiger charge is 2.08. The van der Waals surface area contributed by atoms with Crippen LogP contribution in [0.1, 0.15) is 65.1 Å². The molecule has 1 N–H and O–H groups in total. The van der Waals surface area contributed by atoms with Crippen LogP contribution in [0, 0.1) is 0 Å². The first-order chi connectivity index (χ1) is 8.24. The molecule has 0 aliphatic carbocycles. The number of hydrogen-bond donors (Lipinski definition) is 1. The molecule has 0 fully saturated rings. The largest absolute Gasteiger partial charge is 0.308 e. The Morgan fingerprint density at radius 2 is 1.76 bits per heavy atom. The van der Waals surface area contributed by atoms with Crippen molar-refractivity contribution in [2.24, 2.45) is 0 Å². The van der Waals surface area contributed by atoms with Crippen LogP contribution in [0.25, 0.3) is 0 Å². The highest BCUT2D eigenvalue weighted by Crippen LogP contribution is 2.14. The summed E-state index contributed by atoms with van der Waals surface area (Å²) in [6.07, 6.45) is 6.78. The summed E-state index contributed by atoms with van der Waals surface area (Å²) in [6.45, 7) is 9.78. The summed E-state index contributed by atoms with van der Waals surface area (Å²) in [7, 11) is 0. The predicted octanol–water partition coefficient (Wildman–Crippen LogP) is 3.52. The fourth-order valence-corrected chi connectivity index (χ4v) is 2.16. The Labute approximate surface area is 106 Å². The Morgan fingerprint density at radius 1 is 1.12 bits per heavy atom. The molecule has 1 aromatic heterocycles. The number of aromatic nitrogens is 2. The minimum Gasteiger partial charge on any atom is -0.308 e. The summed E-state index contributed by atoms with van der Waals surface area (Å²) in [5, 5.41) is 8.19. The first-order valence-corrected chi connectivity index (χ1v) is 7.02. The van der Waals surface area contributed by atoms with Crippen LogP contribution < -0.4 is 5.32 Å². The van der Waals surface area contributed by atoms with Gasteiger partial charge in [0.2, 0.25) is 0 Å². The van der Waals surface area contributed by atoms with Gasteiger partial charge in [-0.3, -0.25) is 4.68 Å². The summed E-state index contributed by atoms with van der Waals surface area (Å²) in [4.78, 5) is 0. The molecule has 3 nitrogen and oxygen atoms in total. The predicted molar refractivity (Wildman–Crippen MR) is 73.1 cm³/mol. The highest BCUT2D eigenvalue weighted by atomic mass is 15.3. The Morgan fingerprint density at radius 3 is 2.29 bits per heavy atom. The van der Waals surface area contributed by atoms with E-state index in [1.807, 2.05) is 0 Å². The summed E-state index contributed by atoms with van der Waals surface area (Å²) in [6, 6.07) is 3.30. The Bertz CT molecular complexity index is 298. The minimum atomic E-state index is 0.553. The van der Waals surface area contributed by atoms with Crippen LogP contribution in [0.15, 0.2) is 12.3 Å². The second-order valence-electron chi connectivity index (χ2n) is 4.65. The summed E-state index contributed by atoms with van der Waals surface area (Å²) >= 11 is 0. The van der Waals surface area contributed by atoms with Gasteiger partial charge in [0.1, 0.15) is 0 Å². The fraction of sp³-hybridized carbons (Fsp3) is 0.786. The van der Waals surface area contributed by atoms with E-state index in [2.05, 4.69) is 55.1 Å². The maximum atomic E-state index is 4.65. The molecule has 0 aliphatic rings. The SMILES string of the molecule is CCC(CC)NCc1ccn(C(CC)CC)n1. The molecule has 0 atom stereocenters. The molecule has 0 saturated heterocycles. The van der Waals surface area contributed by atoms with E-state index in [1.165, 1.54) is 12.8 Å². The molecule has 17 heavy (non-hydrogen) atoms. The molecule has 1 aromatic rings. The van der Waals surface area contributed by atoms with Crippen LogP contribution in [-0.4, -0.2) is 15.8 Å². The Kier molecular flexibility index (Phi) is 6.27. The monoisotopic (exact) mass is 237 g/mol. The third-order valence-electron chi connectivity index (χ3n) is 3.54. The molecule has 3 heteroatoms. The molecule has 0 radical (unpaired) electrons. The van der Waals surface area contributed by atoms with Crippen molar-refractivity contribution in [1.82, 2.24) is 15.1 Å². The molecule has 0 bridgehead atoms. The number of nitrogens with zero attached hydrogens (tertiary/aromatic N) is 2. The topological polar surface area (TPSA) is 29.9 Å². The van der Waals surface area contributed by atoms with Crippen molar-refractivity contribution in [3.63, 3.8) is 0 Å². The smallest absolute Gasteiger partial charge is 0.0762 e. The lowest BCUT2D eigenvalue weighted by molar-refractivity contribution is 0.420. The van der Waals surface area contributed by atoms with Gasteiger partial charge in [-0.25, -0.2) is 0 Å². The Balaban J connectivity index is 2.50. The normalized spacial score (nSPS) is 11.6. The molecule has 0 unspecified atom stereocenters. The van der Waals surface area contributed by atoms with Crippen LogP contribution >= 0.6 is 0 Å².